The lowest BCUT2D eigenvalue weighted by molar-refractivity contribution is -0.168. The van der Waals surface area contributed by atoms with Gasteiger partial charge in [0.25, 0.3) is 5.92 Å². The van der Waals surface area contributed by atoms with Crippen molar-refractivity contribution < 1.29 is 23.2 Å². The maximum absolute atomic E-state index is 14.4. The molecule has 1 heterocycles. The van der Waals surface area contributed by atoms with Crippen molar-refractivity contribution in [3.63, 3.8) is 0 Å². The summed E-state index contributed by atoms with van der Waals surface area (Å²) < 4.78 is 27.8. The summed E-state index contributed by atoms with van der Waals surface area (Å²) in [6.07, 6.45) is 12.2. The second kappa shape index (κ2) is 11.4. The molecule has 6 atom stereocenters. The maximum Gasteiger partial charge on any atom is 0.267 e. The lowest BCUT2D eigenvalue weighted by Crippen LogP contribution is -2.62. The van der Waals surface area contributed by atoms with Gasteiger partial charge in [0.1, 0.15) is 6.07 Å². The molecule has 1 saturated heterocycles. The number of nitrogens with zero attached hydrogens (tertiary/aromatic N) is 2. The molecule has 45 heavy (non-hydrogen) atoms. The largest absolute Gasteiger partial charge is 0.336 e. The smallest absolute Gasteiger partial charge is 0.267 e. The number of rotatable bonds is 7. The van der Waals surface area contributed by atoms with Crippen molar-refractivity contribution in [2.45, 2.75) is 131 Å². The SMILES string of the molecule is CC/C=C(/C#N)C(=O)C(C)(C)[C@@H]1CC[C@]2(C)C(=CC(=O)C3C4CC(C)(C)CC[C@]4(CCC(=O)N4CCC(F)(F)C4)CC[C@]32C)C1. The van der Waals surface area contributed by atoms with Crippen LogP contribution in [-0.2, 0) is 14.4 Å². The van der Waals surface area contributed by atoms with E-state index in [9.17, 15) is 28.4 Å². The maximum atomic E-state index is 14.4. The van der Waals surface area contributed by atoms with Gasteiger partial charge in [-0.15, -0.1) is 0 Å². The van der Waals surface area contributed by atoms with Crippen LogP contribution < -0.4 is 0 Å². The Bertz CT molecular complexity index is 1350. The van der Waals surface area contributed by atoms with E-state index in [0.717, 1.165) is 50.5 Å². The summed E-state index contributed by atoms with van der Waals surface area (Å²) in [6.45, 7) is 14.8. The highest BCUT2D eigenvalue weighted by Crippen LogP contribution is 2.72. The van der Waals surface area contributed by atoms with Crippen LogP contribution in [0.4, 0.5) is 8.78 Å². The zero-order chi connectivity index (χ0) is 33.2. The lowest BCUT2D eigenvalue weighted by Gasteiger charge is -2.67. The van der Waals surface area contributed by atoms with Gasteiger partial charge in [-0.25, -0.2) is 8.78 Å². The van der Waals surface area contributed by atoms with E-state index in [2.05, 4.69) is 33.8 Å². The molecule has 0 N–H and O–H groups in total. The Balaban J connectivity index is 1.43. The van der Waals surface area contributed by atoms with Crippen LogP contribution in [0.1, 0.15) is 126 Å². The third-order valence-corrected chi connectivity index (χ3v) is 13.9. The fraction of sp³-hybridized carbons (Fsp3) is 0.789. The third kappa shape index (κ3) is 5.65. The van der Waals surface area contributed by atoms with Gasteiger partial charge >= 0.3 is 0 Å². The first-order valence-corrected chi connectivity index (χ1v) is 17.4. The molecule has 5 aliphatic rings. The number of fused-ring (bicyclic) bond motifs is 5. The summed E-state index contributed by atoms with van der Waals surface area (Å²) in [5.74, 6) is -2.84. The molecule has 248 valence electrons. The molecule has 4 aliphatic carbocycles. The lowest BCUT2D eigenvalue weighted by atomic mass is 9.37. The highest BCUT2D eigenvalue weighted by molar-refractivity contribution is 6.03. The van der Waals surface area contributed by atoms with E-state index in [1.807, 2.05) is 26.8 Å². The van der Waals surface area contributed by atoms with Crippen LogP contribution in [0.25, 0.3) is 0 Å². The van der Waals surface area contributed by atoms with Gasteiger partial charge < -0.3 is 4.90 Å². The molecule has 2 unspecified atom stereocenters. The summed E-state index contributed by atoms with van der Waals surface area (Å²) in [4.78, 5) is 42.4. The minimum atomic E-state index is -2.79. The quantitative estimate of drug-likeness (QED) is 0.210. The highest BCUT2D eigenvalue weighted by Gasteiger charge is 2.66. The van der Waals surface area contributed by atoms with Crippen LogP contribution in [-0.4, -0.2) is 41.4 Å². The third-order valence-electron chi connectivity index (χ3n) is 13.9. The van der Waals surface area contributed by atoms with Gasteiger partial charge in [0.2, 0.25) is 5.91 Å². The van der Waals surface area contributed by atoms with Crippen molar-refractivity contribution in [1.82, 2.24) is 4.90 Å². The molecule has 5 rings (SSSR count). The molecule has 0 radical (unpaired) electrons. The van der Waals surface area contributed by atoms with Crippen molar-refractivity contribution in [1.29, 1.82) is 5.26 Å². The standard InChI is InChI=1S/C38H54F2N2O3/c1-8-9-25(23-41)32(45)34(4,5)26-10-12-35(6)27(20-26)21-29(43)31-28-22-33(2,3)14-16-37(28,17-15-36(31,35)7)13-11-30(44)42-19-18-38(39,40)24-42/h9,21,26,28,31H,8,10-20,22,24H2,1-7H3/b25-9-/t26-,28?,31?,35-,36-,37-/m1/s1. The van der Waals surface area contributed by atoms with Gasteiger partial charge in [-0.3, -0.25) is 14.4 Å². The normalized spacial score (nSPS) is 37.6. The second-order valence-corrected chi connectivity index (χ2v) is 17.2. The fourth-order valence-electron chi connectivity index (χ4n) is 10.5. The molecule has 4 fully saturated rings. The molecule has 1 aliphatic heterocycles. The Morgan fingerprint density at radius 1 is 1.09 bits per heavy atom. The fourth-order valence-corrected chi connectivity index (χ4v) is 10.5. The van der Waals surface area contributed by atoms with Crippen molar-refractivity contribution in [2.75, 3.05) is 13.1 Å². The Labute approximate surface area is 269 Å². The van der Waals surface area contributed by atoms with Crippen LogP contribution in [0.3, 0.4) is 0 Å². The monoisotopic (exact) mass is 624 g/mol. The van der Waals surface area contributed by atoms with E-state index in [1.165, 1.54) is 4.90 Å². The number of Topliss-reactive ketones (excluding diaryl/α,β-unsaturated/α-hetero) is 1. The molecule has 7 heteroatoms. The molecular weight excluding hydrogens is 570 g/mol. The molecule has 0 aromatic rings. The van der Waals surface area contributed by atoms with Gasteiger partial charge in [0, 0.05) is 30.7 Å². The number of nitriles is 1. The number of likely N-dealkylation sites (tertiary alicyclic amines) is 1. The van der Waals surface area contributed by atoms with Crippen LogP contribution >= 0.6 is 0 Å². The molecule has 0 spiro atoms. The Morgan fingerprint density at radius 3 is 2.40 bits per heavy atom. The van der Waals surface area contributed by atoms with Crippen LogP contribution in [0.5, 0.6) is 0 Å². The molecular formula is C38H54F2N2O3. The van der Waals surface area contributed by atoms with Crippen LogP contribution in [0, 0.1) is 56.2 Å². The minimum absolute atomic E-state index is 0.0474. The second-order valence-electron chi connectivity index (χ2n) is 17.2. The zero-order valence-corrected chi connectivity index (χ0v) is 28.7. The summed E-state index contributed by atoms with van der Waals surface area (Å²) in [5, 5.41) is 9.67. The minimum Gasteiger partial charge on any atom is -0.336 e. The number of hydrogen-bond donors (Lipinski definition) is 0. The van der Waals surface area contributed by atoms with E-state index < -0.39 is 17.9 Å². The van der Waals surface area contributed by atoms with E-state index in [4.69, 9.17) is 0 Å². The van der Waals surface area contributed by atoms with Gasteiger partial charge in [-0.05, 0) is 104 Å². The molecule has 0 aromatic carbocycles. The van der Waals surface area contributed by atoms with Crippen molar-refractivity contribution >= 4 is 17.5 Å². The summed E-state index contributed by atoms with van der Waals surface area (Å²) in [6, 6.07) is 2.12. The Kier molecular flexibility index (Phi) is 8.62. The first-order chi connectivity index (χ1) is 20.8. The van der Waals surface area contributed by atoms with Crippen molar-refractivity contribution in [3.8, 4) is 6.07 Å². The zero-order valence-electron chi connectivity index (χ0n) is 28.7. The predicted octanol–water partition coefficient (Wildman–Crippen LogP) is 8.63. The van der Waals surface area contributed by atoms with Gasteiger partial charge in [0.05, 0.1) is 12.1 Å². The number of alkyl halides is 2. The van der Waals surface area contributed by atoms with Crippen molar-refractivity contribution in [2.24, 2.45) is 44.8 Å². The van der Waals surface area contributed by atoms with E-state index in [1.54, 1.807) is 6.08 Å². The predicted molar refractivity (Wildman–Crippen MR) is 171 cm³/mol. The number of carbonyl (C=O) groups excluding carboxylic acids is 3. The van der Waals surface area contributed by atoms with Gasteiger partial charge in [0.15, 0.2) is 11.6 Å². The van der Waals surface area contributed by atoms with Crippen LogP contribution in [0.15, 0.2) is 23.3 Å². The molecule has 0 bridgehead atoms. The molecule has 1 amide bonds. The number of hydrogen-bond acceptors (Lipinski definition) is 4. The number of allylic oxidation sites excluding steroid dienone is 4. The van der Waals surface area contributed by atoms with E-state index in [-0.39, 0.29) is 81.8 Å². The number of carbonyl (C=O) groups is 3. The Morgan fingerprint density at radius 2 is 1.78 bits per heavy atom. The van der Waals surface area contributed by atoms with Gasteiger partial charge in [-0.1, -0.05) is 60.1 Å². The average molecular weight is 625 g/mol. The van der Waals surface area contributed by atoms with Crippen LogP contribution in [0.2, 0.25) is 0 Å². The topological polar surface area (TPSA) is 78.2 Å². The highest BCUT2D eigenvalue weighted by atomic mass is 19.3. The van der Waals surface area contributed by atoms with Gasteiger partial charge in [-0.2, -0.15) is 5.26 Å². The number of amides is 1. The molecule has 3 saturated carbocycles. The summed E-state index contributed by atoms with van der Waals surface area (Å²) in [7, 11) is 0. The van der Waals surface area contributed by atoms with E-state index >= 15 is 0 Å². The molecule has 0 aromatic heterocycles. The van der Waals surface area contributed by atoms with E-state index in [0.29, 0.717) is 19.3 Å². The first-order valence-electron chi connectivity index (χ1n) is 17.4. The Hall–Kier alpha value is -2.36. The number of halogens is 2. The van der Waals surface area contributed by atoms with Crippen molar-refractivity contribution in [3.05, 3.63) is 23.3 Å². The molecule has 5 nitrogen and oxygen atoms in total. The summed E-state index contributed by atoms with van der Waals surface area (Å²) >= 11 is 0. The summed E-state index contributed by atoms with van der Waals surface area (Å²) in [5.41, 5.74) is 0.219. The average Bonchev–Trinajstić information content (AvgIpc) is 3.34. The number of ketones is 2. The first kappa shape index (κ1) is 34.0.